The molecule has 0 saturated carbocycles. The third kappa shape index (κ3) is 2.39. The molecule has 0 N–H and O–H groups in total. The van der Waals surface area contributed by atoms with Crippen LogP contribution in [0.2, 0.25) is 0 Å². The summed E-state index contributed by atoms with van der Waals surface area (Å²) in [7, 11) is 0. The standard InChI is InChI=1S/C25H16N4O/c30-24-19-10-4-5-11-20(19)27-25-28(21-12-6-7-13-22(21)29(24)25)23-16-18(14-15-26-23)17-8-2-1-3-9-17/h1-16H. The molecule has 30 heavy (non-hydrogen) atoms. The van der Waals surface area contributed by atoms with Crippen molar-refractivity contribution in [1.29, 1.82) is 0 Å². The van der Waals surface area contributed by atoms with E-state index in [0.717, 1.165) is 28.0 Å². The summed E-state index contributed by atoms with van der Waals surface area (Å²) in [4.78, 5) is 22.8. The van der Waals surface area contributed by atoms with E-state index in [1.54, 1.807) is 10.6 Å². The van der Waals surface area contributed by atoms with Crippen molar-refractivity contribution in [3.63, 3.8) is 0 Å². The Hall–Kier alpha value is -4.25. The van der Waals surface area contributed by atoms with Gasteiger partial charge in [0.15, 0.2) is 0 Å². The number of rotatable bonds is 2. The Kier molecular flexibility index (Phi) is 3.55. The molecule has 5 nitrogen and oxygen atoms in total. The monoisotopic (exact) mass is 388 g/mol. The van der Waals surface area contributed by atoms with Gasteiger partial charge in [0.1, 0.15) is 5.82 Å². The van der Waals surface area contributed by atoms with Crippen molar-refractivity contribution < 1.29 is 0 Å². The zero-order valence-electron chi connectivity index (χ0n) is 15.9. The van der Waals surface area contributed by atoms with E-state index in [1.165, 1.54) is 0 Å². The maximum atomic E-state index is 13.3. The van der Waals surface area contributed by atoms with Crippen LogP contribution >= 0.6 is 0 Å². The second-order valence-corrected chi connectivity index (χ2v) is 7.16. The van der Waals surface area contributed by atoms with E-state index in [9.17, 15) is 4.79 Å². The van der Waals surface area contributed by atoms with Crippen LogP contribution in [0.3, 0.4) is 0 Å². The Balaban J connectivity index is 1.74. The van der Waals surface area contributed by atoms with Crippen molar-refractivity contribution in [2.45, 2.75) is 0 Å². The number of fused-ring (bicyclic) bond motifs is 4. The first kappa shape index (κ1) is 16.7. The van der Waals surface area contributed by atoms with Gasteiger partial charge in [0.2, 0.25) is 5.78 Å². The molecule has 0 aliphatic rings. The Labute approximate surface area is 171 Å². The van der Waals surface area contributed by atoms with Gasteiger partial charge in [0, 0.05) is 6.20 Å². The minimum absolute atomic E-state index is 0.0789. The van der Waals surface area contributed by atoms with Crippen molar-refractivity contribution >= 4 is 27.7 Å². The molecule has 6 aromatic rings. The maximum absolute atomic E-state index is 13.3. The van der Waals surface area contributed by atoms with Crippen molar-refractivity contribution in [2.24, 2.45) is 0 Å². The van der Waals surface area contributed by atoms with Gasteiger partial charge in [-0.1, -0.05) is 54.6 Å². The van der Waals surface area contributed by atoms with Gasteiger partial charge in [-0.05, 0) is 47.5 Å². The van der Waals surface area contributed by atoms with Crippen molar-refractivity contribution in [3.05, 3.63) is 108 Å². The second kappa shape index (κ2) is 6.39. The zero-order valence-corrected chi connectivity index (χ0v) is 15.9. The number of hydrogen-bond donors (Lipinski definition) is 0. The third-order valence-corrected chi connectivity index (χ3v) is 5.40. The highest BCUT2D eigenvalue weighted by Crippen LogP contribution is 2.26. The number of hydrogen-bond acceptors (Lipinski definition) is 3. The van der Waals surface area contributed by atoms with Gasteiger partial charge in [-0.2, -0.15) is 0 Å². The first-order valence-electron chi connectivity index (χ1n) is 9.74. The van der Waals surface area contributed by atoms with Crippen molar-refractivity contribution in [3.8, 4) is 16.9 Å². The lowest BCUT2D eigenvalue weighted by Crippen LogP contribution is -2.15. The highest BCUT2D eigenvalue weighted by atomic mass is 16.1. The van der Waals surface area contributed by atoms with Crippen LogP contribution in [0.1, 0.15) is 0 Å². The number of para-hydroxylation sites is 3. The Bertz CT molecular complexity index is 1610. The molecule has 0 fully saturated rings. The zero-order chi connectivity index (χ0) is 20.1. The van der Waals surface area contributed by atoms with Crippen LogP contribution in [-0.4, -0.2) is 18.9 Å². The number of nitrogens with zero attached hydrogens (tertiary/aromatic N) is 4. The molecule has 0 bridgehead atoms. The summed E-state index contributed by atoms with van der Waals surface area (Å²) in [5, 5.41) is 0.601. The first-order valence-corrected chi connectivity index (χ1v) is 9.74. The normalized spacial score (nSPS) is 11.5. The van der Waals surface area contributed by atoms with Gasteiger partial charge in [-0.25, -0.2) is 14.4 Å². The molecule has 142 valence electrons. The van der Waals surface area contributed by atoms with E-state index in [4.69, 9.17) is 4.98 Å². The molecule has 0 saturated heterocycles. The molecule has 0 aliphatic carbocycles. The predicted molar refractivity (Wildman–Crippen MR) is 119 cm³/mol. The average Bonchev–Trinajstić information content (AvgIpc) is 3.14. The molecule has 0 unspecified atom stereocenters. The largest absolute Gasteiger partial charge is 0.268 e. The van der Waals surface area contributed by atoms with Gasteiger partial charge in [-0.3, -0.25) is 9.36 Å². The van der Waals surface area contributed by atoms with Crippen LogP contribution in [0.5, 0.6) is 0 Å². The summed E-state index contributed by atoms with van der Waals surface area (Å²) in [6.07, 6.45) is 1.79. The maximum Gasteiger partial charge on any atom is 0.267 e. The summed E-state index contributed by atoms with van der Waals surface area (Å²) in [6.45, 7) is 0. The van der Waals surface area contributed by atoms with E-state index in [0.29, 0.717) is 16.7 Å². The Morgan fingerprint density at radius 2 is 1.43 bits per heavy atom. The van der Waals surface area contributed by atoms with Crippen LogP contribution in [-0.2, 0) is 0 Å². The molecule has 6 rings (SSSR count). The highest BCUT2D eigenvalue weighted by molar-refractivity contribution is 5.87. The minimum atomic E-state index is -0.0789. The van der Waals surface area contributed by atoms with Crippen molar-refractivity contribution in [2.75, 3.05) is 0 Å². The lowest BCUT2D eigenvalue weighted by molar-refractivity contribution is 1.01. The quantitative estimate of drug-likeness (QED) is 0.426. The smallest absolute Gasteiger partial charge is 0.267 e. The van der Waals surface area contributed by atoms with Crippen LogP contribution in [0, 0.1) is 0 Å². The Morgan fingerprint density at radius 3 is 2.30 bits per heavy atom. The average molecular weight is 388 g/mol. The summed E-state index contributed by atoms with van der Waals surface area (Å²) >= 11 is 0. The van der Waals surface area contributed by atoms with Crippen LogP contribution in [0.4, 0.5) is 0 Å². The lowest BCUT2D eigenvalue weighted by atomic mass is 10.1. The number of imidazole rings is 1. The van der Waals surface area contributed by atoms with Crippen LogP contribution < -0.4 is 5.56 Å². The number of benzene rings is 3. The molecule has 0 radical (unpaired) electrons. The SMILES string of the molecule is O=c1c2ccccc2nc2n(-c3cc(-c4ccccc4)ccn3)c3ccccc3n12. The van der Waals surface area contributed by atoms with E-state index >= 15 is 0 Å². The van der Waals surface area contributed by atoms with Crippen LogP contribution in [0.15, 0.2) is 102 Å². The molecule has 3 aromatic carbocycles. The first-order chi connectivity index (χ1) is 14.8. The van der Waals surface area contributed by atoms with Gasteiger partial charge in [-0.15, -0.1) is 0 Å². The molecule has 0 spiro atoms. The summed E-state index contributed by atoms with van der Waals surface area (Å²) < 4.78 is 3.63. The molecule has 3 heterocycles. The van der Waals surface area contributed by atoms with E-state index < -0.39 is 0 Å². The Morgan fingerprint density at radius 1 is 0.700 bits per heavy atom. The fraction of sp³-hybridized carbons (Fsp3) is 0. The van der Waals surface area contributed by atoms with E-state index in [1.807, 2.05) is 83.4 Å². The van der Waals surface area contributed by atoms with Crippen LogP contribution in [0.25, 0.3) is 44.7 Å². The van der Waals surface area contributed by atoms with Gasteiger partial charge in [0.25, 0.3) is 5.56 Å². The summed E-state index contributed by atoms with van der Waals surface area (Å²) in [5.41, 5.74) is 4.45. The molecule has 0 atom stereocenters. The number of aromatic nitrogens is 4. The summed E-state index contributed by atoms with van der Waals surface area (Å²) in [6, 6.07) is 29.5. The van der Waals surface area contributed by atoms with Crippen molar-refractivity contribution in [1.82, 2.24) is 18.9 Å². The number of pyridine rings is 1. The fourth-order valence-electron chi connectivity index (χ4n) is 4.01. The van der Waals surface area contributed by atoms with Gasteiger partial charge in [0.05, 0.1) is 21.9 Å². The second-order valence-electron chi connectivity index (χ2n) is 7.16. The summed E-state index contributed by atoms with van der Waals surface area (Å²) in [5.74, 6) is 1.27. The highest BCUT2D eigenvalue weighted by Gasteiger charge is 2.17. The predicted octanol–water partition coefficient (Wildman–Crippen LogP) is 4.85. The molecule has 5 heteroatoms. The van der Waals surface area contributed by atoms with E-state index in [2.05, 4.69) is 17.1 Å². The molecule has 3 aromatic heterocycles. The van der Waals surface area contributed by atoms with Gasteiger partial charge < -0.3 is 0 Å². The van der Waals surface area contributed by atoms with E-state index in [-0.39, 0.29) is 5.56 Å². The molecule has 0 amide bonds. The molecular formula is C25H16N4O. The fourth-order valence-corrected chi connectivity index (χ4v) is 4.01. The topological polar surface area (TPSA) is 52.2 Å². The van der Waals surface area contributed by atoms with Gasteiger partial charge >= 0.3 is 0 Å². The lowest BCUT2D eigenvalue weighted by Gasteiger charge is -2.08. The molecule has 0 aliphatic heterocycles. The molecular weight excluding hydrogens is 372 g/mol. The third-order valence-electron chi connectivity index (χ3n) is 5.40. The minimum Gasteiger partial charge on any atom is -0.268 e.